The molecular weight excluding hydrogens is 364 g/mol. The van der Waals surface area contributed by atoms with Crippen LogP contribution in [0.1, 0.15) is 25.7 Å². The van der Waals surface area contributed by atoms with Gasteiger partial charge in [0.1, 0.15) is 0 Å². The van der Waals surface area contributed by atoms with Crippen molar-refractivity contribution in [3.05, 3.63) is 0 Å². The highest BCUT2D eigenvalue weighted by Crippen LogP contribution is 2.01. The Hall–Kier alpha value is 0.01000. The molecular formula is C18H37ClO7. The van der Waals surface area contributed by atoms with E-state index in [1.807, 2.05) is 0 Å². The Morgan fingerprint density at radius 1 is 0.423 bits per heavy atom. The molecule has 0 saturated heterocycles. The van der Waals surface area contributed by atoms with Gasteiger partial charge in [0.2, 0.25) is 0 Å². The number of rotatable bonds is 23. The maximum atomic E-state index is 8.52. The predicted molar refractivity (Wildman–Crippen MR) is 101 cm³/mol. The van der Waals surface area contributed by atoms with Crippen LogP contribution in [0.25, 0.3) is 0 Å². The Morgan fingerprint density at radius 2 is 0.769 bits per heavy atom. The second-order valence-corrected chi connectivity index (χ2v) is 5.88. The van der Waals surface area contributed by atoms with Crippen molar-refractivity contribution >= 4 is 11.6 Å². The predicted octanol–water partition coefficient (Wildman–Crippen LogP) is 1.88. The molecule has 0 atom stereocenters. The van der Waals surface area contributed by atoms with Crippen molar-refractivity contribution in [2.75, 3.05) is 91.8 Å². The maximum Gasteiger partial charge on any atom is 0.0701 e. The zero-order valence-electron chi connectivity index (χ0n) is 16.0. The zero-order chi connectivity index (χ0) is 19.0. The number of aliphatic hydroxyl groups is 1. The highest BCUT2D eigenvalue weighted by atomic mass is 35.5. The van der Waals surface area contributed by atoms with Crippen molar-refractivity contribution in [2.24, 2.45) is 0 Å². The van der Waals surface area contributed by atoms with Crippen LogP contribution in [0.15, 0.2) is 0 Å². The fourth-order valence-electron chi connectivity index (χ4n) is 1.92. The fourth-order valence-corrected chi connectivity index (χ4v) is 2.11. The van der Waals surface area contributed by atoms with Gasteiger partial charge in [-0.25, -0.2) is 0 Å². The van der Waals surface area contributed by atoms with Crippen molar-refractivity contribution in [2.45, 2.75) is 25.7 Å². The Kier molecular flexibility index (Phi) is 25.0. The van der Waals surface area contributed by atoms with Crippen LogP contribution in [0.5, 0.6) is 0 Å². The lowest BCUT2D eigenvalue weighted by Gasteiger charge is -2.08. The van der Waals surface area contributed by atoms with Crippen LogP contribution < -0.4 is 0 Å². The number of aliphatic hydroxyl groups excluding tert-OH is 1. The summed E-state index contributed by atoms with van der Waals surface area (Å²) in [5.74, 6) is 0.750. The van der Waals surface area contributed by atoms with E-state index in [-0.39, 0.29) is 6.61 Å². The molecule has 0 aliphatic heterocycles. The molecule has 7 nitrogen and oxygen atoms in total. The van der Waals surface area contributed by atoms with Crippen LogP contribution in [0.3, 0.4) is 0 Å². The van der Waals surface area contributed by atoms with E-state index < -0.39 is 0 Å². The van der Waals surface area contributed by atoms with Crippen molar-refractivity contribution < 1.29 is 33.5 Å². The third kappa shape index (κ3) is 24.0. The normalized spacial score (nSPS) is 11.3. The van der Waals surface area contributed by atoms with E-state index in [1.165, 1.54) is 12.8 Å². The van der Waals surface area contributed by atoms with Crippen LogP contribution in [0, 0.1) is 0 Å². The van der Waals surface area contributed by atoms with Gasteiger partial charge in [0.25, 0.3) is 0 Å². The van der Waals surface area contributed by atoms with Gasteiger partial charge in [0.15, 0.2) is 0 Å². The average Bonchev–Trinajstić information content (AvgIpc) is 2.66. The van der Waals surface area contributed by atoms with E-state index in [0.29, 0.717) is 72.7 Å². The summed E-state index contributed by atoms with van der Waals surface area (Å²) < 4.78 is 32.0. The summed E-state index contributed by atoms with van der Waals surface area (Å²) in [6.07, 6.45) is 4.53. The minimum absolute atomic E-state index is 0.0394. The summed E-state index contributed by atoms with van der Waals surface area (Å²) >= 11 is 5.62. The molecule has 0 aromatic heterocycles. The van der Waals surface area contributed by atoms with Gasteiger partial charge in [-0.1, -0.05) is 12.8 Å². The van der Waals surface area contributed by atoms with E-state index in [4.69, 9.17) is 45.1 Å². The number of unbranched alkanes of at least 4 members (excludes halogenated alkanes) is 3. The smallest absolute Gasteiger partial charge is 0.0701 e. The van der Waals surface area contributed by atoms with Gasteiger partial charge in [-0.2, -0.15) is 0 Å². The molecule has 0 rings (SSSR count). The number of alkyl halides is 1. The lowest BCUT2D eigenvalue weighted by atomic mass is 10.2. The quantitative estimate of drug-likeness (QED) is 0.207. The van der Waals surface area contributed by atoms with E-state index >= 15 is 0 Å². The van der Waals surface area contributed by atoms with Crippen LogP contribution >= 0.6 is 11.6 Å². The van der Waals surface area contributed by atoms with Crippen LogP contribution in [-0.2, 0) is 28.4 Å². The Labute approximate surface area is 163 Å². The number of halogens is 1. The van der Waals surface area contributed by atoms with Gasteiger partial charge < -0.3 is 33.5 Å². The summed E-state index contributed by atoms with van der Waals surface area (Å²) in [4.78, 5) is 0. The zero-order valence-corrected chi connectivity index (χ0v) is 16.8. The minimum atomic E-state index is 0.0394. The van der Waals surface area contributed by atoms with E-state index in [0.717, 1.165) is 25.3 Å². The van der Waals surface area contributed by atoms with Gasteiger partial charge in [-0.3, -0.25) is 0 Å². The summed E-state index contributed by atoms with van der Waals surface area (Å²) in [6.45, 7) is 6.67. The van der Waals surface area contributed by atoms with E-state index in [9.17, 15) is 0 Å². The molecule has 0 aromatic carbocycles. The molecule has 158 valence electrons. The molecule has 0 bridgehead atoms. The van der Waals surface area contributed by atoms with Crippen molar-refractivity contribution in [1.29, 1.82) is 0 Å². The summed E-state index contributed by atoms with van der Waals surface area (Å²) in [6, 6.07) is 0. The summed E-state index contributed by atoms with van der Waals surface area (Å²) in [5, 5.41) is 8.52. The van der Waals surface area contributed by atoms with Gasteiger partial charge in [-0.05, 0) is 12.8 Å². The van der Waals surface area contributed by atoms with Crippen LogP contribution in [0.2, 0.25) is 0 Å². The molecule has 0 amide bonds. The Balaban J connectivity index is 2.95. The standard InChI is InChI=1S/C18H37ClO7/c19-5-3-1-2-4-7-21-9-11-23-13-15-25-17-18-26-16-14-24-12-10-22-8-6-20/h20H,1-18H2. The van der Waals surface area contributed by atoms with Crippen LogP contribution in [-0.4, -0.2) is 96.9 Å². The summed E-state index contributed by atoms with van der Waals surface area (Å²) in [5.41, 5.74) is 0. The van der Waals surface area contributed by atoms with Crippen molar-refractivity contribution in [3.8, 4) is 0 Å². The van der Waals surface area contributed by atoms with Crippen molar-refractivity contribution in [1.82, 2.24) is 0 Å². The molecule has 0 unspecified atom stereocenters. The van der Waals surface area contributed by atoms with E-state index in [1.54, 1.807) is 0 Å². The SMILES string of the molecule is OCCOCCOCCOCCOCCOCCOCCCCCCCl. The fraction of sp³-hybridized carbons (Fsp3) is 1.00. The largest absolute Gasteiger partial charge is 0.394 e. The molecule has 0 saturated carbocycles. The topological polar surface area (TPSA) is 75.6 Å². The number of hydrogen-bond donors (Lipinski definition) is 1. The van der Waals surface area contributed by atoms with Gasteiger partial charge in [0.05, 0.1) is 79.3 Å². The first-order valence-electron chi connectivity index (χ1n) is 9.55. The first-order valence-corrected chi connectivity index (χ1v) is 10.1. The highest BCUT2D eigenvalue weighted by Gasteiger charge is 1.94. The molecule has 8 heteroatoms. The van der Waals surface area contributed by atoms with Gasteiger partial charge in [0, 0.05) is 12.5 Å². The Bertz CT molecular complexity index is 224. The van der Waals surface area contributed by atoms with Gasteiger partial charge in [-0.15, -0.1) is 11.6 Å². The molecule has 0 aliphatic carbocycles. The number of hydrogen-bond acceptors (Lipinski definition) is 7. The van der Waals surface area contributed by atoms with Crippen LogP contribution in [0.4, 0.5) is 0 Å². The minimum Gasteiger partial charge on any atom is -0.394 e. The third-order valence-electron chi connectivity index (χ3n) is 3.27. The Morgan fingerprint density at radius 3 is 1.15 bits per heavy atom. The van der Waals surface area contributed by atoms with E-state index in [2.05, 4.69) is 0 Å². The molecule has 0 aromatic rings. The highest BCUT2D eigenvalue weighted by molar-refractivity contribution is 6.17. The third-order valence-corrected chi connectivity index (χ3v) is 3.54. The molecule has 0 fully saturated rings. The van der Waals surface area contributed by atoms with Gasteiger partial charge >= 0.3 is 0 Å². The molecule has 0 spiro atoms. The maximum absolute atomic E-state index is 8.52. The summed E-state index contributed by atoms with van der Waals surface area (Å²) in [7, 11) is 0. The molecule has 0 heterocycles. The molecule has 0 radical (unpaired) electrons. The lowest BCUT2D eigenvalue weighted by Crippen LogP contribution is -2.14. The molecule has 0 aliphatic rings. The molecule has 1 N–H and O–H groups in total. The molecule has 26 heavy (non-hydrogen) atoms. The lowest BCUT2D eigenvalue weighted by molar-refractivity contribution is -0.0182. The first-order chi connectivity index (χ1) is 12.9. The second kappa shape index (κ2) is 25.0. The van der Waals surface area contributed by atoms with Crippen molar-refractivity contribution in [3.63, 3.8) is 0 Å². The number of ether oxygens (including phenoxy) is 6. The second-order valence-electron chi connectivity index (χ2n) is 5.50. The first kappa shape index (κ1) is 26.0. The average molecular weight is 401 g/mol. The monoisotopic (exact) mass is 400 g/mol.